The largest absolute Gasteiger partial charge is 0.573 e. The Morgan fingerprint density at radius 2 is 2.03 bits per heavy atom. The minimum absolute atomic E-state index is 0.119. The summed E-state index contributed by atoms with van der Waals surface area (Å²) in [7, 11) is 1.76. The number of likely N-dealkylation sites (tertiary alicyclic amines) is 1. The molecule has 1 amide bonds. The van der Waals surface area contributed by atoms with Crippen LogP contribution in [-0.4, -0.2) is 58.0 Å². The van der Waals surface area contributed by atoms with Gasteiger partial charge in [0, 0.05) is 33.2 Å². The number of nitrogens with zero attached hydrogens (tertiary/aromatic N) is 4. The summed E-state index contributed by atoms with van der Waals surface area (Å²) in [5.74, 6) is 1.33. The maximum absolute atomic E-state index is 12.9. The first kappa shape index (κ1) is 21.5. The minimum Gasteiger partial charge on any atom is -0.406 e. The van der Waals surface area contributed by atoms with Crippen LogP contribution in [0.4, 0.5) is 18.0 Å². The molecule has 0 bridgehead atoms. The predicted molar refractivity (Wildman–Crippen MR) is 105 cm³/mol. The smallest absolute Gasteiger partial charge is 0.406 e. The van der Waals surface area contributed by atoms with Crippen LogP contribution in [0.3, 0.4) is 0 Å². The van der Waals surface area contributed by atoms with E-state index < -0.39 is 12.5 Å². The summed E-state index contributed by atoms with van der Waals surface area (Å²) in [5, 5.41) is 0. The molecular weight excluding hydrogens is 413 g/mol. The molecule has 1 aliphatic heterocycles. The lowest BCUT2D eigenvalue weighted by molar-refractivity contribution is -0.274. The molecule has 0 radical (unpaired) electrons. The fourth-order valence-corrected chi connectivity index (χ4v) is 4.38. The average Bonchev–Trinajstić information content (AvgIpc) is 3.03. The number of carbonyl (C=O) groups excluding carboxylic acids is 1. The maximum atomic E-state index is 12.9. The van der Waals surface area contributed by atoms with E-state index in [-0.39, 0.29) is 18.2 Å². The number of ether oxygens (including phenoxy) is 2. The number of imidazole rings is 1. The van der Waals surface area contributed by atoms with Crippen molar-refractivity contribution in [1.29, 1.82) is 0 Å². The highest BCUT2D eigenvalue weighted by Crippen LogP contribution is 2.52. The fraction of sp³-hybridized carbons (Fsp3) is 0.524. The van der Waals surface area contributed by atoms with Gasteiger partial charge in [-0.2, -0.15) is 0 Å². The van der Waals surface area contributed by atoms with E-state index in [0.29, 0.717) is 29.9 Å². The topological polar surface area (TPSA) is 59.8 Å². The standard InChI is InChI=1S/C21H25F3N4O3/c1-3-27-9-16-17(10-27)18(16)11-28(20(29)30-19-12-26(2)13-25-19)8-14-5-4-6-15(7-14)31-21(22,23)24/h4-7,12-13,16-18H,3,8-11H2,1-2H3. The molecule has 1 saturated heterocycles. The SMILES string of the molecule is CCN1CC2C(C1)C2CN(Cc1cccc(OC(F)(F)F)c1)C(=O)Oc1cn(C)cn1. The van der Waals surface area contributed by atoms with Gasteiger partial charge in [-0.3, -0.25) is 0 Å². The zero-order chi connectivity index (χ0) is 22.2. The van der Waals surface area contributed by atoms with Gasteiger partial charge in [0.15, 0.2) is 0 Å². The van der Waals surface area contributed by atoms with Gasteiger partial charge < -0.3 is 23.8 Å². The van der Waals surface area contributed by atoms with E-state index in [1.165, 1.54) is 24.5 Å². The summed E-state index contributed by atoms with van der Waals surface area (Å²) in [5.41, 5.74) is 0.528. The van der Waals surface area contributed by atoms with Gasteiger partial charge in [-0.1, -0.05) is 19.1 Å². The number of alkyl halides is 3. The van der Waals surface area contributed by atoms with Crippen LogP contribution in [0.5, 0.6) is 11.6 Å². The van der Waals surface area contributed by atoms with Crippen molar-refractivity contribution in [3.63, 3.8) is 0 Å². The first-order valence-corrected chi connectivity index (χ1v) is 10.2. The Morgan fingerprint density at radius 1 is 1.29 bits per heavy atom. The van der Waals surface area contributed by atoms with Crippen molar-refractivity contribution in [2.45, 2.75) is 19.8 Å². The van der Waals surface area contributed by atoms with Crippen LogP contribution in [0.2, 0.25) is 0 Å². The van der Waals surface area contributed by atoms with Crippen LogP contribution in [0.1, 0.15) is 12.5 Å². The monoisotopic (exact) mass is 438 g/mol. The molecule has 7 nitrogen and oxygen atoms in total. The third-order valence-electron chi connectivity index (χ3n) is 5.96. The molecule has 4 rings (SSSR count). The molecule has 2 aromatic rings. The summed E-state index contributed by atoms with van der Waals surface area (Å²) in [6.45, 7) is 5.79. The molecule has 2 atom stereocenters. The Balaban J connectivity index is 1.46. The summed E-state index contributed by atoms with van der Waals surface area (Å²) in [4.78, 5) is 20.8. The zero-order valence-electron chi connectivity index (χ0n) is 17.4. The second-order valence-corrected chi connectivity index (χ2v) is 8.16. The molecular formula is C21H25F3N4O3. The molecule has 0 N–H and O–H groups in total. The van der Waals surface area contributed by atoms with Crippen LogP contribution in [-0.2, 0) is 13.6 Å². The van der Waals surface area contributed by atoms with Gasteiger partial charge in [-0.15, -0.1) is 13.2 Å². The van der Waals surface area contributed by atoms with Crippen molar-refractivity contribution < 1.29 is 27.4 Å². The fourth-order valence-electron chi connectivity index (χ4n) is 4.38. The van der Waals surface area contributed by atoms with Crippen LogP contribution >= 0.6 is 0 Å². The average molecular weight is 438 g/mol. The van der Waals surface area contributed by atoms with Gasteiger partial charge in [0.2, 0.25) is 5.88 Å². The van der Waals surface area contributed by atoms with Crippen molar-refractivity contribution >= 4 is 6.09 Å². The normalized spacial score (nSPS) is 22.8. The van der Waals surface area contributed by atoms with Crippen molar-refractivity contribution in [2.75, 3.05) is 26.2 Å². The number of hydrogen-bond donors (Lipinski definition) is 0. The van der Waals surface area contributed by atoms with Gasteiger partial charge in [-0.25, -0.2) is 9.78 Å². The van der Waals surface area contributed by atoms with Gasteiger partial charge in [0.25, 0.3) is 0 Å². The summed E-state index contributed by atoms with van der Waals surface area (Å²) in [6, 6.07) is 5.67. The number of amides is 1. The van der Waals surface area contributed by atoms with Crippen LogP contribution in [0.25, 0.3) is 0 Å². The second kappa shape index (κ2) is 8.41. The Labute approximate surface area is 178 Å². The molecule has 2 aliphatic rings. The van der Waals surface area contributed by atoms with Crippen LogP contribution < -0.4 is 9.47 Å². The van der Waals surface area contributed by atoms with E-state index in [9.17, 15) is 18.0 Å². The third-order valence-corrected chi connectivity index (χ3v) is 5.96. The van der Waals surface area contributed by atoms with E-state index in [1.54, 1.807) is 28.8 Å². The summed E-state index contributed by atoms with van der Waals surface area (Å²) < 4.78 is 48.8. The first-order chi connectivity index (χ1) is 14.7. The quantitative estimate of drug-likeness (QED) is 0.662. The third kappa shape index (κ3) is 5.30. The molecule has 31 heavy (non-hydrogen) atoms. The number of rotatable bonds is 7. The summed E-state index contributed by atoms with van der Waals surface area (Å²) >= 11 is 0. The molecule has 2 unspecified atom stereocenters. The number of halogens is 3. The molecule has 2 fully saturated rings. The minimum atomic E-state index is -4.77. The second-order valence-electron chi connectivity index (χ2n) is 8.16. The number of aryl methyl sites for hydroxylation is 1. The molecule has 1 aromatic heterocycles. The highest BCUT2D eigenvalue weighted by molar-refractivity contribution is 5.70. The van der Waals surface area contributed by atoms with Crippen molar-refractivity contribution in [2.24, 2.45) is 24.8 Å². The first-order valence-electron chi connectivity index (χ1n) is 10.2. The van der Waals surface area contributed by atoms with Crippen molar-refractivity contribution in [3.05, 3.63) is 42.4 Å². The highest BCUT2D eigenvalue weighted by atomic mass is 19.4. The van der Waals surface area contributed by atoms with Crippen molar-refractivity contribution in [3.8, 4) is 11.6 Å². The highest BCUT2D eigenvalue weighted by Gasteiger charge is 2.55. The lowest BCUT2D eigenvalue weighted by Crippen LogP contribution is -2.36. The molecule has 2 heterocycles. The Bertz CT molecular complexity index is 921. The van der Waals surface area contributed by atoms with Gasteiger partial charge in [0.05, 0.1) is 12.5 Å². The Kier molecular flexibility index (Phi) is 5.83. The maximum Gasteiger partial charge on any atom is 0.573 e. The predicted octanol–water partition coefficient (Wildman–Crippen LogP) is 3.52. The molecule has 1 aliphatic carbocycles. The van der Waals surface area contributed by atoms with E-state index in [1.807, 2.05) is 0 Å². The molecule has 168 valence electrons. The summed E-state index contributed by atoms with van der Waals surface area (Å²) in [6.07, 6.45) is -2.24. The Morgan fingerprint density at radius 3 is 2.65 bits per heavy atom. The van der Waals surface area contributed by atoms with Crippen molar-refractivity contribution in [1.82, 2.24) is 19.4 Å². The van der Waals surface area contributed by atoms with Gasteiger partial charge >= 0.3 is 12.5 Å². The van der Waals surface area contributed by atoms with E-state index >= 15 is 0 Å². The lowest BCUT2D eigenvalue weighted by atomic mass is 10.2. The number of carbonyl (C=O) groups is 1. The zero-order valence-corrected chi connectivity index (χ0v) is 17.4. The van der Waals surface area contributed by atoms with Crippen LogP contribution in [0, 0.1) is 17.8 Å². The molecule has 10 heteroatoms. The van der Waals surface area contributed by atoms with E-state index in [0.717, 1.165) is 19.6 Å². The Hall–Kier alpha value is -2.75. The van der Waals surface area contributed by atoms with Crippen LogP contribution in [0.15, 0.2) is 36.8 Å². The van der Waals surface area contributed by atoms with Gasteiger partial charge in [0.1, 0.15) is 5.75 Å². The lowest BCUT2D eigenvalue weighted by Gasteiger charge is -2.24. The number of piperidine rings is 1. The molecule has 0 spiro atoms. The van der Waals surface area contributed by atoms with E-state index in [2.05, 4.69) is 21.5 Å². The number of fused-ring (bicyclic) bond motifs is 1. The van der Waals surface area contributed by atoms with Gasteiger partial charge in [-0.05, 0) is 42.0 Å². The van der Waals surface area contributed by atoms with E-state index in [4.69, 9.17) is 4.74 Å². The molecule has 1 saturated carbocycles. The number of aromatic nitrogens is 2. The number of hydrogen-bond acceptors (Lipinski definition) is 5. The number of benzene rings is 1. The molecule has 1 aromatic carbocycles.